The number of anilines is 1. The maximum atomic E-state index is 12.3. The fourth-order valence-corrected chi connectivity index (χ4v) is 1.72. The van der Waals surface area contributed by atoms with Crippen LogP contribution in [0.1, 0.15) is 21.5 Å². The van der Waals surface area contributed by atoms with E-state index < -0.39 is 0 Å². The number of nitrogens with zero attached hydrogens (tertiary/aromatic N) is 2. The number of carbonyl (C=O) groups is 1. The Kier molecular flexibility index (Phi) is 4.66. The lowest BCUT2D eigenvalue weighted by Gasteiger charge is -2.07. The van der Waals surface area contributed by atoms with E-state index in [1.807, 2.05) is 6.07 Å². The fourth-order valence-electron chi connectivity index (χ4n) is 1.72. The number of pyridine rings is 1. The van der Waals surface area contributed by atoms with Gasteiger partial charge >= 0.3 is 0 Å². The Morgan fingerprint density at radius 1 is 1.29 bits per heavy atom. The van der Waals surface area contributed by atoms with E-state index >= 15 is 0 Å². The van der Waals surface area contributed by atoms with Crippen molar-refractivity contribution in [3.63, 3.8) is 0 Å². The summed E-state index contributed by atoms with van der Waals surface area (Å²) >= 11 is 0. The summed E-state index contributed by atoms with van der Waals surface area (Å²) in [4.78, 5) is 16.3. The molecule has 1 aromatic heterocycles. The second kappa shape index (κ2) is 6.85. The first kappa shape index (κ1) is 14.3. The van der Waals surface area contributed by atoms with E-state index in [-0.39, 0.29) is 12.5 Å². The Balaban J connectivity index is 2.31. The summed E-state index contributed by atoms with van der Waals surface area (Å²) in [6.45, 7) is 0.202. The molecule has 0 radical (unpaired) electrons. The van der Waals surface area contributed by atoms with Gasteiger partial charge in [-0.2, -0.15) is 5.26 Å². The van der Waals surface area contributed by atoms with Crippen LogP contribution in [0, 0.1) is 23.2 Å². The zero-order valence-electron chi connectivity index (χ0n) is 11.1. The van der Waals surface area contributed by atoms with Gasteiger partial charge in [0.15, 0.2) is 0 Å². The molecule has 2 aromatic rings. The van der Waals surface area contributed by atoms with Crippen LogP contribution in [-0.4, -0.2) is 17.4 Å². The van der Waals surface area contributed by atoms with Crippen LogP contribution < -0.4 is 11.1 Å². The van der Waals surface area contributed by atoms with Gasteiger partial charge in [0.2, 0.25) is 0 Å². The van der Waals surface area contributed by atoms with Crippen LogP contribution >= 0.6 is 0 Å². The first-order valence-electron chi connectivity index (χ1n) is 6.19. The Morgan fingerprint density at radius 3 is 2.86 bits per heavy atom. The van der Waals surface area contributed by atoms with Gasteiger partial charge in [0.05, 0.1) is 28.9 Å². The average molecular weight is 276 g/mol. The minimum atomic E-state index is -0.346. The van der Waals surface area contributed by atoms with Crippen LogP contribution in [0.4, 0.5) is 5.69 Å². The van der Waals surface area contributed by atoms with Crippen molar-refractivity contribution in [2.75, 3.05) is 11.9 Å². The molecule has 1 heterocycles. The number of benzene rings is 1. The Morgan fingerprint density at radius 2 is 2.10 bits per heavy atom. The number of hydrogen-bond donors (Lipinski definition) is 2. The van der Waals surface area contributed by atoms with E-state index in [0.717, 1.165) is 0 Å². The van der Waals surface area contributed by atoms with Crippen LogP contribution in [0.5, 0.6) is 0 Å². The zero-order chi connectivity index (χ0) is 15.1. The number of hydrogen-bond acceptors (Lipinski definition) is 4. The molecule has 0 spiro atoms. The molecule has 2 rings (SSSR count). The third kappa shape index (κ3) is 3.44. The second-order valence-electron chi connectivity index (χ2n) is 4.04. The van der Waals surface area contributed by atoms with Crippen molar-refractivity contribution in [1.82, 2.24) is 4.98 Å². The van der Waals surface area contributed by atoms with Gasteiger partial charge in [0.1, 0.15) is 6.07 Å². The lowest BCUT2D eigenvalue weighted by Crippen LogP contribution is -2.14. The number of nitrogens with one attached hydrogen (secondary N) is 1. The van der Waals surface area contributed by atoms with Gasteiger partial charge in [-0.25, -0.2) is 0 Å². The lowest BCUT2D eigenvalue weighted by molar-refractivity contribution is 0.102. The quantitative estimate of drug-likeness (QED) is 0.813. The van der Waals surface area contributed by atoms with E-state index in [0.29, 0.717) is 22.4 Å². The van der Waals surface area contributed by atoms with Gasteiger partial charge < -0.3 is 11.1 Å². The molecule has 3 N–H and O–H groups in total. The summed E-state index contributed by atoms with van der Waals surface area (Å²) in [6.07, 6.45) is 3.02. The molecule has 1 amide bonds. The minimum absolute atomic E-state index is 0.202. The first-order valence-corrected chi connectivity index (χ1v) is 6.19. The van der Waals surface area contributed by atoms with Crippen molar-refractivity contribution in [1.29, 1.82) is 5.26 Å². The fraction of sp³-hybridized carbons (Fsp3) is 0.0625. The highest BCUT2D eigenvalue weighted by Gasteiger charge is 2.12. The predicted molar refractivity (Wildman–Crippen MR) is 79.3 cm³/mol. The molecule has 0 saturated carbocycles. The zero-order valence-corrected chi connectivity index (χ0v) is 11.1. The second-order valence-corrected chi connectivity index (χ2v) is 4.04. The number of aromatic nitrogens is 1. The van der Waals surface area contributed by atoms with Gasteiger partial charge in [-0.3, -0.25) is 9.78 Å². The lowest BCUT2D eigenvalue weighted by atomic mass is 10.1. The standard InChI is InChI=1S/C16H12N4O/c17-8-3-5-13-11-19-9-7-14(13)16(21)20-15-6-2-1-4-12(15)10-18/h1-2,4,6-7,9,11H,8,17H2,(H,20,21). The van der Waals surface area contributed by atoms with E-state index in [2.05, 4.69) is 22.1 Å². The van der Waals surface area contributed by atoms with Crippen molar-refractivity contribution in [3.8, 4) is 17.9 Å². The van der Waals surface area contributed by atoms with Gasteiger partial charge in [0, 0.05) is 12.4 Å². The minimum Gasteiger partial charge on any atom is -0.321 e. The molecule has 0 aliphatic carbocycles. The smallest absolute Gasteiger partial charge is 0.257 e. The topological polar surface area (TPSA) is 91.8 Å². The molecule has 0 aliphatic heterocycles. The van der Waals surface area contributed by atoms with Crippen LogP contribution in [0.3, 0.4) is 0 Å². The summed E-state index contributed by atoms with van der Waals surface area (Å²) in [5.41, 5.74) is 7.07. The highest BCUT2D eigenvalue weighted by atomic mass is 16.1. The van der Waals surface area contributed by atoms with Gasteiger partial charge in [-0.15, -0.1) is 0 Å². The molecule has 0 atom stereocenters. The van der Waals surface area contributed by atoms with Gasteiger partial charge in [0.25, 0.3) is 5.91 Å². The maximum Gasteiger partial charge on any atom is 0.257 e. The third-order valence-corrected chi connectivity index (χ3v) is 2.69. The van der Waals surface area contributed by atoms with Crippen LogP contribution in [-0.2, 0) is 0 Å². The van der Waals surface area contributed by atoms with E-state index in [1.165, 1.54) is 12.4 Å². The molecule has 0 aliphatic rings. The number of nitriles is 1. The molecule has 0 bridgehead atoms. The molecule has 5 nitrogen and oxygen atoms in total. The van der Waals surface area contributed by atoms with Crippen molar-refractivity contribution >= 4 is 11.6 Å². The Labute approximate surface area is 122 Å². The summed E-state index contributed by atoms with van der Waals surface area (Å²) < 4.78 is 0. The SMILES string of the molecule is N#Cc1ccccc1NC(=O)c1ccncc1C#CCN. The van der Waals surface area contributed by atoms with Crippen molar-refractivity contribution in [2.45, 2.75) is 0 Å². The van der Waals surface area contributed by atoms with Crippen molar-refractivity contribution in [3.05, 3.63) is 59.4 Å². The number of amides is 1. The Bertz CT molecular complexity index is 766. The third-order valence-electron chi connectivity index (χ3n) is 2.69. The maximum absolute atomic E-state index is 12.3. The molecule has 0 unspecified atom stereocenters. The number of para-hydroxylation sites is 1. The number of carbonyl (C=O) groups excluding carboxylic acids is 1. The van der Waals surface area contributed by atoms with E-state index in [9.17, 15) is 4.79 Å². The largest absolute Gasteiger partial charge is 0.321 e. The summed E-state index contributed by atoms with van der Waals surface area (Å²) in [5, 5.41) is 11.7. The van der Waals surface area contributed by atoms with Crippen molar-refractivity contribution < 1.29 is 4.79 Å². The first-order chi connectivity index (χ1) is 10.3. The molecule has 102 valence electrons. The normalized spacial score (nSPS) is 9.14. The van der Waals surface area contributed by atoms with E-state index in [1.54, 1.807) is 30.3 Å². The number of nitrogens with two attached hydrogens (primary N) is 1. The highest BCUT2D eigenvalue weighted by Crippen LogP contribution is 2.16. The van der Waals surface area contributed by atoms with Gasteiger partial charge in [-0.1, -0.05) is 24.0 Å². The van der Waals surface area contributed by atoms with Crippen molar-refractivity contribution in [2.24, 2.45) is 5.73 Å². The van der Waals surface area contributed by atoms with Crippen LogP contribution in [0.15, 0.2) is 42.7 Å². The van der Waals surface area contributed by atoms with Crippen LogP contribution in [0.2, 0.25) is 0 Å². The molecular weight excluding hydrogens is 264 g/mol. The molecule has 21 heavy (non-hydrogen) atoms. The van der Waals surface area contributed by atoms with Gasteiger partial charge in [-0.05, 0) is 18.2 Å². The molecule has 0 saturated heterocycles. The predicted octanol–water partition coefficient (Wildman–Crippen LogP) is 1.52. The summed E-state index contributed by atoms with van der Waals surface area (Å²) in [7, 11) is 0. The molecule has 1 aromatic carbocycles. The number of rotatable bonds is 2. The Hall–Kier alpha value is -3.15. The summed E-state index contributed by atoms with van der Waals surface area (Å²) in [6, 6.07) is 10.4. The monoisotopic (exact) mass is 276 g/mol. The molecule has 0 fully saturated rings. The molecular formula is C16H12N4O. The van der Waals surface area contributed by atoms with Crippen LogP contribution in [0.25, 0.3) is 0 Å². The average Bonchev–Trinajstić information content (AvgIpc) is 2.53. The van der Waals surface area contributed by atoms with E-state index in [4.69, 9.17) is 11.0 Å². The highest BCUT2D eigenvalue weighted by molar-refractivity contribution is 6.06. The summed E-state index contributed by atoms with van der Waals surface area (Å²) in [5.74, 6) is 5.15. The molecule has 5 heteroatoms.